The highest BCUT2D eigenvalue weighted by Crippen LogP contribution is 2.40. The first-order valence-corrected chi connectivity index (χ1v) is 12.1. The van der Waals surface area contributed by atoms with Gasteiger partial charge in [0, 0.05) is 24.0 Å². The van der Waals surface area contributed by atoms with Crippen LogP contribution in [0.4, 0.5) is 8.78 Å². The summed E-state index contributed by atoms with van der Waals surface area (Å²) >= 11 is 0. The quantitative estimate of drug-likeness (QED) is 0.423. The van der Waals surface area contributed by atoms with Crippen LogP contribution >= 0.6 is 0 Å². The van der Waals surface area contributed by atoms with Crippen LogP contribution in [0, 0.1) is 11.6 Å². The van der Waals surface area contributed by atoms with Gasteiger partial charge in [-0.25, -0.2) is 32.1 Å². The lowest BCUT2D eigenvalue weighted by molar-refractivity contribution is 0.174. The number of aromatic nitrogens is 3. The second kappa shape index (κ2) is 8.29. The van der Waals surface area contributed by atoms with E-state index in [2.05, 4.69) is 4.98 Å². The van der Waals surface area contributed by atoms with Crippen molar-refractivity contribution in [3.05, 3.63) is 58.1 Å². The van der Waals surface area contributed by atoms with Crippen molar-refractivity contribution in [1.29, 1.82) is 0 Å². The molecule has 0 unspecified atom stereocenters. The lowest BCUT2D eigenvalue weighted by atomic mass is 10.1. The fourth-order valence-corrected chi connectivity index (χ4v) is 4.68. The Balaban J connectivity index is 1.76. The van der Waals surface area contributed by atoms with Gasteiger partial charge in [0.2, 0.25) is 16.8 Å². The van der Waals surface area contributed by atoms with Gasteiger partial charge in [0.25, 0.3) is 0 Å². The fourth-order valence-electron chi connectivity index (χ4n) is 4.14. The molecule has 0 fully saturated rings. The Morgan fingerprint density at radius 3 is 2.51 bits per heavy atom. The molecule has 0 aliphatic carbocycles. The normalized spacial score (nSPS) is 13.4. The predicted molar refractivity (Wildman–Crippen MR) is 123 cm³/mol. The molecule has 0 atom stereocenters. The van der Waals surface area contributed by atoms with E-state index in [0.717, 1.165) is 0 Å². The topological polar surface area (TPSA) is 122 Å². The Kier molecular flexibility index (Phi) is 5.49. The van der Waals surface area contributed by atoms with Gasteiger partial charge in [0.1, 0.15) is 17.2 Å². The first-order valence-electron chi connectivity index (χ1n) is 10.5. The largest absolute Gasteiger partial charge is 0.454 e. The van der Waals surface area contributed by atoms with Crippen molar-refractivity contribution in [1.82, 2.24) is 19.0 Å². The van der Waals surface area contributed by atoms with E-state index < -0.39 is 44.4 Å². The zero-order valence-corrected chi connectivity index (χ0v) is 19.6. The summed E-state index contributed by atoms with van der Waals surface area (Å²) in [6.45, 7) is 0.379. The summed E-state index contributed by atoms with van der Waals surface area (Å²) in [5.41, 5.74) is 0.355. The Labute approximate surface area is 198 Å². The molecule has 5 rings (SSSR count). The zero-order valence-electron chi connectivity index (χ0n) is 18.8. The van der Waals surface area contributed by atoms with Crippen molar-refractivity contribution in [3.63, 3.8) is 0 Å². The summed E-state index contributed by atoms with van der Waals surface area (Å²) in [6.07, 6.45) is 1.52. The van der Waals surface area contributed by atoms with Crippen molar-refractivity contribution in [2.75, 3.05) is 27.4 Å². The van der Waals surface area contributed by atoms with Crippen molar-refractivity contribution in [2.45, 2.75) is 18.0 Å². The second-order valence-corrected chi connectivity index (χ2v) is 9.98. The highest BCUT2D eigenvalue weighted by molar-refractivity contribution is 7.89. The summed E-state index contributed by atoms with van der Waals surface area (Å²) < 4.78 is 66.6. The molecule has 3 heterocycles. The molecule has 10 nitrogen and oxygen atoms in total. The number of sulfonamides is 1. The van der Waals surface area contributed by atoms with Gasteiger partial charge in [-0.15, -0.1) is 0 Å². The van der Waals surface area contributed by atoms with E-state index in [0.29, 0.717) is 58.7 Å². The number of fused-ring (bicyclic) bond motifs is 5. The van der Waals surface area contributed by atoms with E-state index in [9.17, 15) is 22.0 Å². The van der Waals surface area contributed by atoms with Crippen LogP contribution in [0.5, 0.6) is 11.5 Å². The lowest BCUT2D eigenvalue weighted by Crippen LogP contribution is -2.29. The molecule has 35 heavy (non-hydrogen) atoms. The van der Waals surface area contributed by atoms with Crippen LogP contribution in [0.15, 0.2) is 40.2 Å². The van der Waals surface area contributed by atoms with Crippen LogP contribution in [0.2, 0.25) is 0 Å². The van der Waals surface area contributed by atoms with Gasteiger partial charge >= 0.3 is 5.69 Å². The zero-order chi connectivity index (χ0) is 25.1. The number of benzene rings is 2. The Bertz CT molecular complexity index is 1640. The van der Waals surface area contributed by atoms with Crippen molar-refractivity contribution in [3.8, 4) is 11.5 Å². The molecule has 0 saturated heterocycles. The molecule has 2 aromatic heterocycles. The number of hydrogen-bond acceptors (Lipinski definition) is 7. The van der Waals surface area contributed by atoms with Crippen LogP contribution in [-0.2, 0) is 23.1 Å². The van der Waals surface area contributed by atoms with Gasteiger partial charge in [-0.3, -0.25) is 9.13 Å². The van der Waals surface area contributed by atoms with Gasteiger partial charge in [-0.1, -0.05) is 0 Å². The van der Waals surface area contributed by atoms with E-state index in [1.165, 1.54) is 15.3 Å². The highest BCUT2D eigenvalue weighted by Gasteiger charge is 2.25. The number of ether oxygens (including phenoxy) is 2. The van der Waals surface area contributed by atoms with E-state index in [-0.39, 0.29) is 6.79 Å². The van der Waals surface area contributed by atoms with Crippen LogP contribution in [0.3, 0.4) is 0 Å². The van der Waals surface area contributed by atoms with Gasteiger partial charge in [-0.2, -0.15) is 0 Å². The fraction of sp³-hybridized carbons (Fsp3) is 0.273. The van der Waals surface area contributed by atoms with E-state index >= 15 is 0 Å². The SMILES string of the molecule is CN(C)CCn1c(=O)n(Cc2c(F)cc(S(N)(=O)=O)cc2F)c2c3ccc4c(c3ncc21)OCO4. The van der Waals surface area contributed by atoms with Gasteiger partial charge in [-0.05, 0) is 38.4 Å². The minimum atomic E-state index is -4.32. The molecule has 184 valence electrons. The van der Waals surface area contributed by atoms with Gasteiger partial charge in [0.15, 0.2) is 11.5 Å². The molecular weight excluding hydrogens is 484 g/mol. The summed E-state index contributed by atoms with van der Waals surface area (Å²) in [5.74, 6) is -1.35. The van der Waals surface area contributed by atoms with Crippen LogP contribution in [0.1, 0.15) is 5.56 Å². The number of pyridine rings is 1. The number of imidazole rings is 1. The number of nitrogens with two attached hydrogens (primary N) is 1. The number of halogens is 2. The first kappa shape index (κ1) is 23.2. The number of primary sulfonamides is 1. The van der Waals surface area contributed by atoms with Crippen LogP contribution < -0.4 is 20.3 Å². The third kappa shape index (κ3) is 3.90. The van der Waals surface area contributed by atoms with E-state index in [1.807, 2.05) is 19.0 Å². The van der Waals surface area contributed by atoms with Gasteiger partial charge < -0.3 is 14.4 Å². The molecule has 13 heteroatoms. The Morgan fingerprint density at radius 2 is 1.86 bits per heavy atom. The van der Waals surface area contributed by atoms with E-state index in [1.54, 1.807) is 12.1 Å². The second-order valence-electron chi connectivity index (χ2n) is 8.42. The maximum atomic E-state index is 14.9. The monoisotopic (exact) mass is 505 g/mol. The minimum absolute atomic E-state index is 0.0254. The van der Waals surface area contributed by atoms with Crippen LogP contribution in [-0.4, -0.2) is 54.9 Å². The number of nitrogens with zero attached hydrogens (tertiary/aromatic N) is 4. The lowest BCUT2D eigenvalue weighted by Gasteiger charge is -2.10. The molecule has 1 aliphatic rings. The average Bonchev–Trinajstić information content (AvgIpc) is 3.36. The summed E-state index contributed by atoms with van der Waals surface area (Å²) in [4.78, 5) is 19.2. The van der Waals surface area contributed by atoms with Crippen molar-refractivity contribution in [2.24, 2.45) is 5.14 Å². The minimum Gasteiger partial charge on any atom is -0.454 e. The first-order chi connectivity index (χ1) is 16.6. The molecule has 1 aliphatic heterocycles. The average molecular weight is 506 g/mol. The smallest absolute Gasteiger partial charge is 0.329 e. The molecule has 4 aromatic rings. The van der Waals surface area contributed by atoms with Gasteiger partial charge in [0.05, 0.1) is 28.7 Å². The molecule has 0 saturated carbocycles. The number of rotatable bonds is 6. The molecule has 0 bridgehead atoms. The molecular formula is C22H21F2N5O5S. The number of likely N-dealkylation sites (N-methyl/N-ethyl adjacent to an activating group) is 1. The van der Waals surface area contributed by atoms with Crippen LogP contribution in [0.25, 0.3) is 21.9 Å². The maximum absolute atomic E-state index is 14.9. The molecule has 2 N–H and O–H groups in total. The number of hydrogen-bond donors (Lipinski definition) is 1. The Morgan fingerprint density at radius 1 is 1.14 bits per heavy atom. The summed E-state index contributed by atoms with van der Waals surface area (Å²) in [7, 11) is -0.603. The molecule has 0 spiro atoms. The van der Waals surface area contributed by atoms with Crippen molar-refractivity contribution < 1.29 is 26.7 Å². The Hall–Kier alpha value is -3.55. The third-order valence-corrected chi connectivity index (χ3v) is 6.77. The van der Waals surface area contributed by atoms with Crippen molar-refractivity contribution >= 4 is 32.0 Å². The predicted octanol–water partition coefficient (Wildman–Crippen LogP) is 1.62. The standard InChI is InChI=1S/C22H21F2N5O5S/c1-27(2)5-6-28-17-9-26-19-13(3-4-18-21(19)34-11-33-18)20(17)29(22(28)30)10-14-15(23)7-12(8-16(14)24)35(25,31)32/h3-4,7-9H,5-6,10-11H2,1-2H3,(H2,25,31,32). The molecule has 0 amide bonds. The summed E-state index contributed by atoms with van der Waals surface area (Å²) in [6, 6.07) is 4.67. The molecule has 2 aromatic carbocycles. The highest BCUT2D eigenvalue weighted by atomic mass is 32.2. The third-order valence-electron chi connectivity index (χ3n) is 5.88. The molecule has 0 radical (unpaired) electrons. The maximum Gasteiger partial charge on any atom is 0.329 e. The van der Waals surface area contributed by atoms with E-state index in [4.69, 9.17) is 14.6 Å². The summed E-state index contributed by atoms with van der Waals surface area (Å²) in [5, 5.41) is 5.55.